The van der Waals surface area contributed by atoms with E-state index in [-0.39, 0.29) is 5.91 Å². The summed E-state index contributed by atoms with van der Waals surface area (Å²) in [4.78, 5) is 22.6. The van der Waals surface area contributed by atoms with Crippen LogP contribution in [0.15, 0.2) is 6.20 Å². The number of fused-ring (bicyclic) bond motifs is 1. The molecule has 0 N–H and O–H groups in total. The van der Waals surface area contributed by atoms with Crippen molar-refractivity contribution in [1.29, 1.82) is 0 Å². The Labute approximate surface area is 118 Å². The van der Waals surface area contributed by atoms with E-state index in [1.54, 1.807) is 6.92 Å². The Morgan fingerprint density at radius 1 is 1.32 bits per heavy atom. The summed E-state index contributed by atoms with van der Waals surface area (Å²) < 4.78 is 0. The Morgan fingerprint density at radius 3 is 2.58 bits per heavy atom. The quantitative estimate of drug-likeness (QED) is 0.794. The highest BCUT2D eigenvalue weighted by molar-refractivity contribution is 6.33. The van der Waals surface area contributed by atoms with Gasteiger partial charge in [-0.25, -0.2) is 9.97 Å². The lowest BCUT2D eigenvalue weighted by Crippen LogP contribution is -2.30. The molecule has 1 saturated heterocycles. The third kappa shape index (κ3) is 2.46. The third-order valence-electron chi connectivity index (χ3n) is 4.33. The number of amides is 1. The lowest BCUT2D eigenvalue weighted by atomic mass is 9.82. The Kier molecular flexibility index (Phi) is 3.44. The molecular formula is C14H18ClN3O. The maximum Gasteiger partial charge on any atom is 0.274 e. The van der Waals surface area contributed by atoms with Crippen LogP contribution in [-0.2, 0) is 0 Å². The van der Waals surface area contributed by atoms with Crippen LogP contribution in [0.25, 0.3) is 0 Å². The van der Waals surface area contributed by atoms with Crippen LogP contribution < -0.4 is 0 Å². The van der Waals surface area contributed by atoms with Gasteiger partial charge in [-0.3, -0.25) is 4.79 Å². The Hall–Kier alpha value is -1.16. The standard InChI is InChI=1S/C14H18ClN3O/c1-9-16-6-12(15)13(17-9)14(19)18-7-10-4-2-3-5-11(10)8-18/h6,10-11H,2-5,7-8H2,1H3. The van der Waals surface area contributed by atoms with Gasteiger partial charge in [0.2, 0.25) is 0 Å². The van der Waals surface area contributed by atoms with E-state index in [2.05, 4.69) is 9.97 Å². The van der Waals surface area contributed by atoms with Crippen molar-refractivity contribution < 1.29 is 4.79 Å². The fourth-order valence-electron chi connectivity index (χ4n) is 3.33. The largest absolute Gasteiger partial charge is 0.337 e. The zero-order chi connectivity index (χ0) is 13.4. The number of likely N-dealkylation sites (tertiary alicyclic amines) is 1. The van der Waals surface area contributed by atoms with Crippen molar-refractivity contribution in [2.24, 2.45) is 11.8 Å². The van der Waals surface area contributed by atoms with E-state index in [0.29, 0.717) is 28.4 Å². The molecule has 5 heteroatoms. The van der Waals surface area contributed by atoms with Crippen LogP contribution >= 0.6 is 11.6 Å². The molecule has 1 aliphatic carbocycles. The monoisotopic (exact) mass is 279 g/mol. The highest BCUT2D eigenvalue weighted by Gasteiger charge is 2.37. The normalized spacial score (nSPS) is 26.3. The van der Waals surface area contributed by atoms with E-state index in [1.165, 1.54) is 31.9 Å². The molecule has 1 aromatic heterocycles. The molecule has 1 aliphatic heterocycles. The first-order valence-electron chi connectivity index (χ1n) is 6.93. The van der Waals surface area contributed by atoms with Crippen LogP contribution in [0.1, 0.15) is 42.0 Å². The Morgan fingerprint density at radius 2 is 1.95 bits per heavy atom. The van der Waals surface area contributed by atoms with Crippen LogP contribution in [0.5, 0.6) is 0 Å². The third-order valence-corrected chi connectivity index (χ3v) is 4.61. The molecule has 0 radical (unpaired) electrons. The number of hydrogen-bond donors (Lipinski definition) is 0. The lowest BCUT2D eigenvalue weighted by molar-refractivity contribution is 0.0778. The van der Waals surface area contributed by atoms with Gasteiger partial charge in [0.25, 0.3) is 5.91 Å². The van der Waals surface area contributed by atoms with Gasteiger partial charge in [-0.15, -0.1) is 0 Å². The summed E-state index contributed by atoms with van der Waals surface area (Å²) in [5.74, 6) is 1.91. The predicted molar refractivity (Wildman–Crippen MR) is 73.1 cm³/mol. The summed E-state index contributed by atoms with van der Waals surface area (Å²) in [5.41, 5.74) is 0.354. The molecule has 0 spiro atoms. The minimum atomic E-state index is -0.0371. The van der Waals surface area contributed by atoms with Gasteiger partial charge in [0, 0.05) is 13.1 Å². The Bertz CT molecular complexity index is 491. The molecule has 2 atom stereocenters. The second-order valence-corrected chi connectivity index (χ2v) is 6.04. The molecule has 1 saturated carbocycles. The summed E-state index contributed by atoms with van der Waals surface area (Å²) in [7, 11) is 0. The maximum atomic E-state index is 12.5. The van der Waals surface area contributed by atoms with Gasteiger partial charge < -0.3 is 4.90 Å². The number of carbonyl (C=O) groups is 1. The SMILES string of the molecule is Cc1ncc(Cl)c(C(=O)N2CC3CCCCC3C2)n1. The van der Waals surface area contributed by atoms with E-state index < -0.39 is 0 Å². The molecule has 3 rings (SSSR count). The van der Waals surface area contributed by atoms with Crippen molar-refractivity contribution in [3.63, 3.8) is 0 Å². The fraction of sp³-hybridized carbons (Fsp3) is 0.643. The van der Waals surface area contributed by atoms with Crippen molar-refractivity contribution in [2.75, 3.05) is 13.1 Å². The van der Waals surface area contributed by atoms with Crippen molar-refractivity contribution in [2.45, 2.75) is 32.6 Å². The number of rotatable bonds is 1. The van der Waals surface area contributed by atoms with Gasteiger partial charge in [-0.2, -0.15) is 0 Å². The van der Waals surface area contributed by atoms with E-state index in [0.717, 1.165) is 13.1 Å². The van der Waals surface area contributed by atoms with E-state index >= 15 is 0 Å². The zero-order valence-corrected chi connectivity index (χ0v) is 11.9. The average molecular weight is 280 g/mol. The highest BCUT2D eigenvalue weighted by atomic mass is 35.5. The summed E-state index contributed by atoms with van der Waals surface area (Å²) in [6.45, 7) is 3.50. The molecule has 19 heavy (non-hydrogen) atoms. The summed E-state index contributed by atoms with van der Waals surface area (Å²) >= 11 is 6.05. The average Bonchev–Trinajstić information content (AvgIpc) is 2.84. The number of halogens is 1. The number of nitrogens with zero attached hydrogens (tertiary/aromatic N) is 3. The van der Waals surface area contributed by atoms with E-state index in [9.17, 15) is 4.79 Å². The van der Waals surface area contributed by atoms with Crippen molar-refractivity contribution in [3.8, 4) is 0 Å². The van der Waals surface area contributed by atoms with E-state index in [4.69, 9.17) is 11.6 Å². The minimum absolute atomic E-state index is 0.0371. The maximum absolute atomic E-state index is 12.5. The van der Waals surface area contributed by atoms with Gasteiger partial charge in [0.15, 0.2) is 5.69 Å². The van der Waals surface area contributed by atoms with Crippen LogP contribution in [0.2, 0.25) is 5.02 Å². The molecule has 4 nitrogen and oxygen atoms in total. The van der Waals surface area contributed by atoms with E-state index in [1.807, 2.05) is 4.90 Å². The van der Waals surface area contributed by atoms with Crippen LogP contribution in [0.3, 0.4) is 0 Å². The van der Waals surface area contributed by atoms with Crippen LogP contribution in [0.4, 0.5) is 0 Å². The first kappa shape index (κ1) is 12.9. The fourth-order valence-corrected chi connectivity index (χ4v) is 3.50. The number of carbonyl (C=O) groups excluding carboxylic acids is 1. The molecule has 1 aromatic rings. The minimum Gasteiger partial charge on any atom is -0.337 e. The lowest BCUT2D eigenvalue weighted by Gasteiger charge is -2.22. The van der Waals surface area contributed by atoms with Crippen molar-refractivity contribution in [1.82, 2.24) is 14.9 Å². The topological polar surface area (TPSA) is 46.1 Å². The van der Waals surface area contributed by atoms with Gasteiger partial charge >= 0.3 is 0 Å². The molecule has 2 aliphatic rings. The van der Waals surface area contributed by atoms with Crippen LogP contribution in [-0.4, -0.2) is 33.9 Å². The molecule has 0 aromatic carbocycles. The molecule has 2 heterocycles. The Balaban J connectivity index is 1.79. The summed E-state index contributed by atoms with van der Waals surface area (Å²) in [5, 5.41) is 0.352. The summed E-state index contributed by atoms with van der Waals surface area (Å²) in [6, 6.07) is 0. The molecule has 2 fully saturated rings. The van der Waals surface area contributed by atoms with Crippen molar-refractivity contribution in [3.05, 3.63) is 22.7 Å². The predicted octanol–water partition coefficient (Wildman–Crippen LogP) is 2.70. The highest BCUT2D eigenvalue weighted by Crippen LogP contribution is 2.36. The van der Waals surface area contributed by atoms with Gasteiger partial charge in [0.1, 0.15) is 5.82 Å². The molecule has 1 amide bonds. The number of hydrogen-bond acceptors (Lipinski definition) is 3. The number of aromatic nitrogens is 2. The first-order chi connectivity index (χ1) is 9.15. The summed E-state index contributed by atoms with van der Waals surface area (Å²) in [6.07, 6.45) is 6.63. The van der Waals surface area contributed by atoms with Gasteiger partial charge in [0.05, 0.1) is 11.2 Å². The molecular weight excluding hydrogens is 262 g/mol. The van der Waals surface area contributed by atoms with Gasteiger partial charge in [-0.1, -0.05) is 24.4 Å². The van der Waals surface area contributed by atoms with Crippen LogP contribution in [0, 0.1) is 18.8 Å². The second kappa shape index (κ2) is 5.08. The molecule has 0 bridgehead atoms. The van der Waals surface area contributed by atoms with Crippen molar-refractivity contribution >= 4 is 17.5 Å². The van der Waals surface area contributed by atoms with Gasteiger partial charge in [-0.05, 0) is 31.6 Å². The smallest absolute Gasteiger partial charge is 0.274 e. The number of aryl methyl sites for hydroxylation is 1. The molecule has 102 valence electrons. The molecule has 2 unspecified atom stereocenters. The second-order valence-electron chi connectivity index (χ2n) is 5.63. The first-order valence-corrected chi connectivity index (χ1v) is 7.31. The zero-order valence-electron chi connectivity index (χ0n) is 11.1.